The second-order valence-corrected chi connectivity index (χ2v) is 11.1. The molecule has 0 radical (unpaired) electrons. The number of nitrogens with zero attached hydrogens (tertiary/aromatic N) is 4. The number of carbonyl (C=O) groups excluding carboxylic acids is 3. The van der Waals surface area contributed by atoms with Gasteiger partial charge < -0.3 is 25.2 Å². The highest BCUT2D eigenvalue weighted by molar-refractivity contribution is 8.00. The molecule has 3 aromatic rings. The summed E-state index contributed by atoms with van der Waals surface area (Å²) in [5.74, 6) is -0.935. The number of anilines is 2. The van der Waals surface area contributed by atoms with Crippen LogP contribution in [0.15, 0.2) is 64.6 Å². The van der Waals surface area contributed by atoms with E-state index in [9.17, 15) is 14.4 Å². The van der Waals surface area contributed by atoms with E-state index in [1.165, 1.54) is 30.1 Å². The molecule has 3 amide bonds. The number of halogens is 2. The number of carbonyl (C=O) groups is 3. The highest BCUT2D eigenvalue weighted by Gasteiger charge is 2.22. The van der Waals surface area contributed by atoms with Crippen LogP contribution in [0.1, 0.15) is 26.3 Å². The van der Waals surface area contributed by atoms with E-state index >= 15 is 4.39 Å². The number of benzene rings is 2. The number of aliphatic imine (C=N–C) groups is 1. The molecule has 5 rings (SSSR count). The lowest BCUT2D eigenvalue weighted by Crippen LogP contribution is -2.41. The first kappa shape index (κ1) is 29.5. The van der Waals surface area contributed by atoms with Gasteiger partial charge in [-0.05, 0) is 42.5 Å². The van der Waals surface area contributed by atoms with Gasteiger partial charge in [0.2, 0.25) is 5.91 Å². The zero-order valence-electron chi connectivity index (χ0n) is 22.7. The first-order valence-corrected chi connectivity index (χ1v) is 14.6. The molecule has 218 valence electrons. The Morgan fingerprint density at radius 3 is 2.48 bits per heavy atom. The zero-order chi connectivity index (χ0) is 29.6. The number of pyridine rings is 1. The Kier molecular flexibility index (Phi) is 9.35. The topological polar surface area (TPSA) is 116 Å². The molecule has 1 aromatic heterocycles. The summed E-state index contributed by atoms with van der Waals surface area (Å²) in [5.41, 5.74) is 0.675. The van der Waals surface area contributed by atoms with Crippen LogP contribution in [0.4, 0.5) is 15.9 Å². The van der Waals surface area contributed by atoms with Crippen molar-refractivity contribution >= 4 is 58.4 Å². The van der Waals surface area contributed by atoms with Crippen LogP contribution in [0.3, 0.4) is 0 Å². The lowest BCUT2D eigenvalue weighted by Gasteiger charge is -2.26. The van der Waals surface area contributed by atoms with Crippen LogP contribution in [0.2, 0.25) is 5.02 Å². The number of rotatable bonds is 8. The molecular weight excluding hydrogens is 583 g/mol. The molecule has 10 nitrogen and oxygen atoms in total. The fourth-order valence-electron chi connectivity index (χ4n) is 4.46. The van der Waals surface area contributed by atoms with Crippen LogP contribution in [0.5, 0.6) is 0 Å². The smallest absolute Gasteiger partial charge is 0.258 e. The second-order valence-electron chi connectivity index (χ2n) is 9.58. The van der Waals surface area contributed by atoms with Crippen molar-refractivity contribution < 1.29 is 23.5 Å². The van der Waals surface area contributed by atoms with Gasteiger partial charge in [-0.2, -0.15) is 0 Å². The fourth-order valence-corrected chi connectivity index (χ4v) is 5.41. The van der Waals surface area contributed by atoms with Crippen LogP contribution in [0.25, 0.3) is 0 Å². The lowest BCUT2D eigenvalue weighted by molar-refractivity contribution is -0.132. The minimum atomic E-state index is -0.720. The fraction of sp³-hybridized carbons (Fsp3) is 0.276. The van der Waals surface area contributed by atoms with Gasteiger partial charge in [-0.25, -0.2) is 9.37 Å². The molecule has 2 aliphatic rings. The molecule has 0 spiro atoms. The summed E-state index contributed by atoms with van der Waals surface area (Å²) in [7, 11) is 1.87. The summed E-state index contributed by atoms with van der Waals surface area (Å²) < 4.78 is 20.4. The van der Waals surface area contributed by atoms with Crippen LogP contribution in [0, 0.1) is 5.82 Å². The lowest BCUT2D eigenvalue weighted by atomic mass is 10.1. The van der Waals surface area contributed by atoms with E-state index in [1.807, 2.05) is 11.9 Å². The first-order chi connectivity index (χ1) is 20.3. The summed E-state index contributed by atoms with van der Waals surface area (Å²) in [6, 6.07) is 12.3. The highest BCUT2D eigenvalue weighted by Crippen LogP contribution is 2.27. The van der Waals surface area contributed by atoms with E-state index in [1.54, 1.807) is 41.3 Å². The van der Waals surface area contributed by atoms with Crippen molar-refractivity contribution in [3.63, 3.8) is 0 Å². The molecule has 1 fully saturated rings. The minimum Gasteiger partial charge on any atom is -0.378 e. The molecule has 0 atom stereocenters. The van der Waals surface area contributed by atoms with Gasteiger partial charge in [-0.1, -0.05) is 17.7 Å². The predicted octanol–water partition coefficient (Wildman–Crippen LogP) is 4.02. The normalized spacial score (nSPS) is 14.9. The molecule has 13 heteroatoms. The maximum Gasteiger partial charge on any atom is 0.258 e. The molecular formula is C29H28ClFN6O4S. The van der Waals surface area contributed by atoms with Gasteiger partial charge in [-0.15, -0.1) is 11.8 Å². The molecule has 1 saturated heterocycles. The first-order valence-electron chi connectivity index (χ1n) is 13.2. The van der Waals surface area contributed by atoms with E-state index in [-0.39, 0.29) is 34.3 Å². The molecule has 2 N–H and O–H groups in total. The number of nitrogens with one attached hydrogen (secondary N) is 2. The van der Waals surface area contributed by atoms with E-state index in [0.717, 1.165) is 6.54 Å². The van der Waals surface area contributed by atoms with Gasteiger partial charge in [0.05, 0.1) is 47.3 Å². The van der Waals surface area contributed by atoms with Gasteiger partial charge in [-0.3, -0.25) is 19.4 Å². The Labute approximate surface area is 251 Å². The standard InChI is InChI=1S/C29H28ClFN6O4S/c1-36-9-8-32-27(36)18-2-5-21(23(31)14-18)28(39)34-24-6-4-20(42-17-26(38)37-10-12-41-13-11-37)15-22(24)29(40)35-25-7-3-19(30)16-33-25/h2-7,14-16H,8-13,17H2,1H3,(H,34,39)(H,33,35,40). The molecule has 0 saturated carbocycles. The number of likely N-dealkylation sites (N-methyl/N-ethyl adjacent to an activating group) is 1. The average molecular weight is 611 g/mol. The van der Waals surface area contributed by atoms with Crippen molar-refractivity contribution in [1.29, 1.82) is 0 Å². The van der Waals surface area contributed by atoms with E-state index in [2.05, 4.69) is 20.6 Å². The third-order valence-corrected chi connectivity index (χ3v) is 7.91. The third kappa shape index (κ3) is 7.07. The molecule has 2 aromatic carbocycles. The van der Waals surface area contributed by atoms with Crippen molar-refractivity contribution in [2.45, 2.75) is 4.90 Å². The van der Waals surface area contributed by atoms with Gasteiger partial charge in [0.1, 0.15) is 17.5 Å². The van der Waals surface area contributed by atoms with Gasteiger partial charge in [0.25, 0.3) is 11.8 Å². The number of aromatic nitrogens is 1. The molecule has 0 bridgehead atoms. The maximum absolute atomic E-state index is 15.1. The summed E-state index contributed by atoms with van der Waals surface area (Å²) >= 11 is 7.18. The minimum absolute atomic E-state index is 0.0364. The van der Waals surface area contributed by atoms with Crippen molar-refractivity contribution in [3.05, 3.63) is 82.3 Å². The Morgan fingerprint density at radius 2 is 1.79 bits per heavy atom. The maximum atomic E-state index is 15.1. The zero-order valence-corrected chi connectivity index (χ0v) is 24.3. The quantitative estimate of drug-likeness (QED) is 0.370. The van der Waals surface area contributed by atoms with Gasteiger partial charge in [0.15, 0.2) is 0 Å². The van der Waals surface area contributed by atoms with E-state index in [4.69, 9.17) is 16.3 Å². The highest BCUT2D eigenvalue weighted by atomic mass is 35.5. The largest absolute Gasteiger partial charge is 0.378 e. The predicted molar refractivity (Wildman–Crippen MR) is 160 cm³/mol. The van der Waals surface area contributed by atoms with Crippen LogP contribution >= 0.6 is 23.4 Å². The van der Waals surface area contributed by atoms with Crippen LogP contribution < -0.4 is 10.6 Å². The Bertz CT molecular complexity index is 1530. The summed E-state index contributed by atoms with van der Waals surface area (Å²) in [4.78, 5) is 51.9. The van der Waals surface area contributed by atoms with Gasteiger partial charge in [0, 0.05) is 43.3 Å². The van der Waals surface area contributed by atoms with Crippen molar-refractivity contribution in [1.82, 2.24) is 14.8 Å². The summed E-state index contributed by atoms with van der Waals surface area (Å²) in [6.45, 7) is 3.45. The number of hydrogen-bond donors (Lipinski definition) is 2. The van der Waals surface area contributed by atoms with E-state index < -0.39 is 17.6 Å². The SMILES string of the molecule is CN1CCN=C1c1ccc(C(=O)Nc2ccc(SCC(=O)N3CCOCC3)cc2C(=O)Nc2ccc(Cl)cn2)c(F)c1. The van der Waals surface area contributed by atoms with Crippen molar-refractivity contribution in [3.8, 4) is 0 Å². The number of ether oxygens (including phenoxy) is 1. The van der Waals surface area contributed by atoms with Crippen molar-refractivity contribution in [2.24, 2.45) is 4.99 Å². The molecule has 0 unspecified atom stereocenters. The third-order valence-electron chi connectivity index (χ3n) is 6.71. The monoisotopic (exact) mass is 610 g/mol. The van der Waals surface area contributed by atoms with Gasteiger partial charge >= 0.3 is 0 Å². The Balaban J connectivity index is 1.36. The number of amides is 3. The number of amidine groups is 1. The van der Waals surface area contributed by atoms with Crippen LogP contribution in [-0.2, 0) is 9.53 Å². The molecule has 0 aliphatic carbocycles. The number of hydrogen-bond acceptors (Lipinski definition) is 8. The Hall–Kier alpha value is -4.00. The Morgan fingerprint density at radius 1 is 1.00 bits per heavy atom. The van der Waals surface area contributed by atoms with Crippen molar-refractivity contribution in [2.75, 3.05) is 62.8 Å². The molecule has 3 heterocycles. The average Bonchev–Trinajstić information content (AvgIpc) is 3.43. The molecule has 2 aliphatic heterocycles. The number of morpholine rings is 1. The van der Waals surface area contributed by atoms with E-state index in [0.29, 0.717) is 54.2 Å². The second kappa shape index (κ2) is 13.3. The summed E-state index contributed by atoms with van der Waals surface area (Å²) in [6.07, 6.45) is 1.39. The number of thioether (sulfide) groups is 1. The molecule has 42 heavy (non-hydrogen) atoms. The van der Waals surface area contributed by atoms with Crippen LogP contribution in [-0.4, -0.2) is 90.5 Å². The summed E-state index contributed by atoms with van der Waals surface area (Å²) in [5, 5.41) is 5.76.